The van der Waals surface area contributed by atoms with Crippen molar-refractivity contribution in [2.75, 3.05) is 6.54 Å². The van der Waals surface area contributed by atoms with Crippen LogP contribution in [0.3, 0.4) is 0 Å². The van der Waals surface area contributed by atoms with E-state index in [1.807, 2.05) is 13.8 Å². The first-order chi connectivity index (χ1) is 14.1. The SMILES string of the molecule is CC1=C(C)C(=O)C(CCCCC(NC(=O)C2CCCN2)C(=O)NC(C)C)=C(C)C1=O. The fraction of sp³-hybridized carbons (Fsp3) is 0.652. The van der Waals surface area contributed by atoms with E-state index in [1.165, 1.54) is 0 Å². The largest absolute Gasteiger partial charge is 0.352 e. The molecule has 0 aromatic heterocycles. The summed E-state index contributed by atoms with van der Waals surface area (Å²) >= 11 is 0. The Kier molecular flexibility index (Phi) is 8.53. The van der Waals surface area contributed by atoms with Gasteiger partial charge in [0.25, 0.3) is 0 Å². The third-order valence-corrected chi connectivity index (χ3v) is 5.92. The van der Waals surface area contributed by atoms with E-state index >= 15 is 0 Å². The van der Waals surface area contributed by atoms with E-state index < -0.39 is 6.04 Å². The van der Waals surface area contributed by atoms with Gasteiger partial charge in [0.15, 0.2) is 11.6 Å². The molecule has 1 fully saturated rings. The maximum Gasteiger partial charge on any atom is 0.242 e. The zero-order chi connectivity index (χ0) is 22.4. The van der Waals surface area contributed by atoms with Gasteiger partial charge < -0.3 is 16.0 Å². The number of unbranched alkanes of at least 4 members (excludes halogenated alkanes) is 1. The number of carbonyl (C=O) groups excluding carboxylic acids is 4. The highest BCUT2D eigenvalue weighted by atomic mass is 16.2. The van der Waals surface area contributed by atoms with E-state index in [4.69, 9.17) is 0 Å². The van der Waals surface area contributed by atoms with Gasteiger partial charge in [0.2, 0.25) is 11.8 Å². The number of amides is 2. The van der Waals surface area contributed by atoms with Crippen LogP contribution in [0.4, 0.5) is 0 Å². The van der Waals surface area contributed by atoms with Crippen LogP contribution in [0.25, 0.3) is 0 Å². The Balaban J connectivity index is 1.94. The summed E-state index contributed by atoms with van der Waals surface area (Å²) in [6.45, 7) is 9.67. The Morgan fingerprint density at radius 2 is 1.67 bits per heavy atom. The molecule has 2 unspecified atom stereocenters. The third-order valence-electron chi connectivity index (χ3n) is 5.92. The average Bonchev–Trinajstić information content (AvgIpc) is 3.23. The van der Waals surface area contributed by atoms with Crippen LogP contribution >= 0.6 is 0 Å². The fourth-order valence-corrected chi connectivity index (χ4v) is 3.94. The van der Waals surface area contributed by atoms with Gasteiger partial charge in [0.1, 0.15) is 6.04 Å². The lowest BCUT2D eigenvalue weighted by atomic mass is 9.84. The molecule has 0 bridgehead atoms. The van der Waals surface area contributed by atoms with Gasteiger partial charge in [-0.3, -0.25) is 19.2 Å². The molecule has 0 aromatic rings. The Morgan fingerprint density at radius 1 is 1.00 bits per heavy atom. The fourth-order valence-electron chi connectivity index (χ4n) is 3.94. The minimum absolute atomic E-state index is 0.0156. The summed E-state index contributed by atoms with van der Waals surface area (Å²) in [6.07, 6.45) is 4.04. The van der Waals surface area contributed by atoms with Crippen LogP contribution < -0.4 is 16.0 Å². The second-order valence-electron chi connectivity index (χ2n) is 8.63. The number of hydrogen-bond donors (Lipinski definition) is 3. The van der Waals surface area contributed by atoms with Crippen LogP contribution in [-0.2, 0) is 19.2 Å². The van der Waals surface area contributed by atoms with Crippen molar-refractivity contribution < 1.29 is 19.2 Å². The summed E-state index contributed by atoms with van der Waals surface area (Å²) in [7, 11) is 0. The highest BCUT2D eigenvalue weighted by Gasteiger charge is 2.29. The number of rotatable bonds is 9. The third kappa shape index (κ3) is 5.88. The van der Waals surface area contributed by atoms with Crippen LogP contribution in [-0.4, -0.2) is 48.1 Å². The maximum absolute atomic E-state index is 12.6. The quantitative estimate of drug-likeness (QED) is 0.394. The molecule has 2 atom stereocenters. The lowest BCUT2D eigenvalue weighted by Gasteiger charge is -2.22. The predicted molar refractivity (Wildman–Crippen MR) is 116 cm³/mol. The molecular formula is C23H35N3O4. The van der Waals surface area contributed by atoms with Crippen molar-refractivity contribution in [1.82, 2.24) is 16.0 Å². The van der Waals surface area contributed by atoms with Crippen molar-refractivity contribution in [3.8, 4) is 0 Å². The van der Waals surface area contributed by atoms with E-state index in [-0.39, 0.29) is 35.5 Å². The molecule has 0 saturated carbocycles. The van der Waals surface area contributed by atoms with Crippen molar-refractivity contribution in [2.45, 2.75) is 91.3 Å². The van der Waals surface area contributed by atoms with Gasteiger partial charge in [-0.25, -0.2) is 0 Å². The second-order valence-corrected chi connectivity index (χ2v) is 8.63. The molecule has 0 aromatic carbocycles. The molecule has 3 N–H and O–H groups in total. The summed E-state index contributed by atoms with van der Waals surface area (Å²) < 4.78 is 0. The summed E-state index contributed by atoms with van der Waals surface area (Å²) in [4.78, 5) is 49.9. The Bertz CT molecular complexity index is 773. The van der Waals surface area contributed by atoms with Gasteiger partial charge in [-0.2, -0.15) is 0 Å². The molecule has 7 heteroatoms. The molecule has 7 nitrogen and oxygen atoms in total. The normalized spacial score (nSPS) is 20.8. The van der Waals surface area contributed by atoms with Crippen molar-refractivity contribution in [3.63, 3.8) is 0 Å². The van der Waals surface area contributed by atoms with E-state index in [9.17, 15) is 19.2 Å². The number of carbonyl (C=O) groups is 4. The first kappa shape index (κ1) is 24.0. The Morgan fingerprint density at radius 3 is 2.27 bits per heavy atom. The number of hydrogen-bond acceptors (Lipinski definition) is 5. The van der Waals surface area contributed by atoms with Gasteiger partial charge in [0.05, 0.1) is 6.04 Å². The zero-order valence-electron chi connectivity index (χ0n) is 18.8. The molecule has 30 heavy (non-hydrogen) atoms. The summed E-state index contributed by atoms with van der Waals surface area (Å²) in [5.74, 6) is -0.448. The van der Waals surface area contributed by atoms with Crippen LogP contribution in [0.5, 0.6) is 0 Å². The molecule has 1 heterocycles. The number of nitrogens with one attached hydrogen (secondary N) is 3. The van der Waals surface area contributed by atoms with Crippen molar-refractivity contribution >= 4 is 23.4 Å². The summed E-state index contributed by atoms with van der Waals surface area (Å²) in [5.41, 5.74) is 2.14. The first-order valence-electron chi connectivity index (χ1n) is 10.9. The highest BCUT2D eigenvalue weighted by molar-refractivity contribution is 6.24. The number of Topliss-reactive ketones (excluding diaryl/α,β-unsaturated/α-hetero) is 2. The standard InChI is InChI=1S/C23H35N3O4/c1-13(2)25-23(30)19(26-22(29)18-11-8-12-24-18)10-7-6-9-17-16(5)20(27)14(3)15(4)21(17)28/h13,18-19,24H,6-12H2,1-5H3,(H,25,30)(H,26,29). The molecule has 1 aliphatic heterocycles. The number of ketones is 2. The Hall–Kier alpha value is -2.28. The van der Waals surface area contributed by atoms with E-state index in [2.05, 4.69) is 16.0 Å². The lowest BCUT2D eigenvalue weighted by molar-refractivity contribution is -0.130. The molecular weight excluding hydrogens is 382 g/mol. The monoisotopic (exact) mass is 417 g/mol. The number of allylic oxidation sites excluding steroid dienone is 4. The molecule has 166 valence electrons. The lowest BCUT2D eigenvalue weighted by Crippen LogP contribution is -2.52. The predicted octanol–water partition coefficient (Wildman–Crippen LogP) is 2.11. The maximum atomic E-state index is 12.6. The summed E-state index contributed by atoms with van der Waals surface area (Å²) in [5, 5.41) is 8.91. The van der Waals surface area contributed by atoms with Gasteiger partial charge in [-0.05, 0) is 73.3 Å². The smallest absolute Gasteiger partial charge is 0.242 e. The molecule has 0 spiro atoms. The molecule has 2 amide bonds. The van der Waals surface area contributed by atoms with Gasteiger partial charge in [-0.15, -0.1) is 0 Å². The zero-order valence-corrected chi connectivity index (χ0v) is 18.8. The minimum Gasteiger partial charge on any atom is -0.352 e. The molecule has 1 aliphatic carbocycles. The topological polar surface area (TPSA) is 104 Å². The highest BCUT2D eigenvalue weighted by Crippen LogP contribution is 2.27. The van der Waals surface area contributed by atoms with E-state index in [0.29, 0.717) is 48.0 Å². The molecule has 1 saturated heterocycles. The van der Waals surface area contributed by atoms with Crippen molar-refractivity contribution in [2.24, 2.45) is 0 Å². The van der Waals surface area contributed by atoms with Gasteiger partial charge in [0, 0.05) is 28.3 Å². The average molecular weight is 418 g/mol. The Labute approximate surface area is 179 Å². The van der Waals surface area contributed by atoms with Crippen LogP contribution in [0.1, 0.15) is 73.1 Å². The molecule has 2 aliphatic rings. The van der Waals surface area contributed by atoms with Crippen LogP contribution in [0.15, 0.2) is 22.3 Å². The van der Waals surface area contributed by atoms with Crippen LogP contribution in [0.2, 0.25) is 0 Å². The van der Waals surface area contributed by atoms with Gasteiger partial charge in [-0.1, -0.05) is 6.42 Å². The van der Waals surface area contributed by atoms with Gasteiger partial charge >= 0.3 is 0 Å². The van der Waals surface area contributed by atoms with E-state index in [1.54, 1.807) is 20.8 Å². The molecule has 0 radical (unpaired) electrons. The first-order valence-corrected chi connectivity index (χ1v) is 10.9. The molecule has 2 rings (SSSR count). The van der Waals surface area contributed by atoms with E-state index in [0.717, 1.165) is 19.4 Å². The van der Waals surface area contributed by atoms with Crippen molar-refractivity contribution in [3.05, 3.63) is 22.3 Å². The minimum atomic E-state index is -0.607. The summed E-state index contributed by atoms with van der Waals surface area (Å²) in [6, 6.07) is -0.862. The van der Waals surface area contributed by atoms with Crippen LogP contribution in [0, 0.1) is 0 Å². The second kappa shape index (κ2) is 10.7. The van der Waals surface area contributed by atoms with Crippen molar-refractivity contribution in [1.29, 1.82) is 0 Å².